The average molecular weight is 286 g/mol. The summed E-state index contributed by atoms with van der Waals surface area (Å²) < 4.78 is 5.52. The molecule has 0 fully saturated rings. The third-order valence-corrected chi connectivity index (χ3v) is 3.16. The van der Waals surface area contributed by atoms with E-state index in [0.29, 0.717) is 17.1 Å². The number of aromatic nitrogens is 2. The first kappa shape index (κ1) is 13.2. The Labute approximate surface area is 120 Å². The summed E-state index contributed by atoms with van der Waals surface area (Å²) in [6, 6.07) is 7.15. The second kappa shape index (κ2) is 5.28. The largest absolute Gasteiger partial charge is 0.479 e. The molecular formula is C14H14N4O3. The Balaban J connectivity index is 1.80. The van der Waals surface area contributed by atoms with Crippen molar-refractivity contribution in [1.29, 1.82) is 0 Å². The number of fused-ring (bicyclic) bond motifs is 1. The number of benzene rings is 1. The van der Waals surface area contributed by atoms with E-state index < -0.39 is 6.10 Å². The van der Waals surface area contributed by atoms with Crippen molar-refractivity contribution in [3.05, 3.63) is 36.7 Å². The van der Waals surface area contributed by atoms with Crippen LogP contribution in [0.5, 0.6) is 5.75 Å². The number of nitrogens with one attached hydrogen (secondary N) is 2. The van der Waals surface area contributed by atoms with Gasteiger partial charge in [-0.25, -0.2) is 0 Å². The van der Waals surface area contributed by atoms with E-state index in [1.54, 1.807) is 31.3 Å². The van der Waals surface area contributed by atoms with Gasteiger partial charge >= 0.3 is 0 Å². The molecule has 2 heterocycles. The molecule has 3 rings (SSSR count). The zero-order chi connectivity index (χ0) is 14.8. The SMILES string of the molecule is CC1Oc2ccccc2N(CC(=O)Nc2cn[nH]c2)C1=O. The van der Waals surface area contributed by atoms with Crippen molar-refractivity contribution in [2.24, 2.45) is 0 Å². The molecule has 1 aromatic heterocycles. The number of nitrogens with zero attached hydrogens (tertiary/aromatic N) is 2. The standard InChI is InChI=1S/C14H14N4O3/c1-9-14(20)18(11-4-2-3-5-12(11)21-9)8-13(19)17-10-6-15-16-7-10/h2-7,9H,8H2,1H3,(H,15,16)(H,17,19). The highest BCUT2D eigenvalue weighted by atomic mass is 16.5. The summed E-state index contributed by atoms with van der Waals surface area (Å²) in [6.07, 6.45) is 2.45. The van der Waals surface area contributed by atoms with Gasteiger partial charge in [-0.15, -0.1) is 0 Å². The van der Waals surface area contributed by atoms with E-state index in [9.17, 15) is 9.59 Å². The quantitative estimate of drug-likeness (QED) is 0.886. The Bertz CT molecular complexity index is 669. The lowest BCUT2D eigenvalue weighted by molar-refractivity contribution is -0.127. The Morgan fingerprint density at radius 1 is 1.48 bits per heavy atom. The molecular weight excluding hydrogens is 272 g/mol. The number of ether oxygens (including phenoxy) is 1. The highest BCUT2D eigenvalue weighted by molar-refractivity contribution is 6.06. The molecule has 0 bridgehead atoms. The molecule has 2 aromatic rings. The fourth-order valence-electron chi connectivity index (χ4n) is 2.19. The van der Waals surface area contributed by atoms with Gasteiger partial charge in [0.2, 0.25) is 5.91 Å². The van der Waals surface area contributed by atoms with E-state index >= 15 is 0 Å². The summed E-state index contributed by atoms with van der Waals surface area (Å²) in [5, 5.41) is 9.02. The van der Waals surface area contributed by atoms with Crippen LogP contribution < -0.4 is 15.0 Å². The Morgan fingerprint density at radius 3 is 3.05 bits per heavy atom. The molecule has 108 valence electrons. The van der Waals surface area contributed by atoms with Crippen LogP contribution in [0.2, 0.25) is 0 Å². The molecule has 1 atom stereocenters. The molecule has 1 aliphatic rings. The first-order chi connectivity index (χ1) is 10.1. The third kappa shape index (κ3) is 2.58. The van der Waals surface area contributed by atoms with Crippen molar-refractivity contribution >= 4 is 23.2 Å². The van der Waals surface area contributed by atoms with Gasteiger partial charge in [0.1, 0.15) is 12.3 Å². The number of anilines is 2. The van der Waals surface area contributed by atoms with E-state index in [-0.39, 0.29) is 18.4 Å². The highest BCUT2D eigenvalue weighted by Gasteiger charge is 2.32. The molecule has 1 aromatic carbocycles. The molecule has 0 radical (unpaired) electrons. The minimum atomic E-state index is -0.610. The zero-order valence-electron chi connectivity index (χ0n) is 11.4. The molecule has 21 heavy (non-hydrogen) atoms. The van der Waals surface area contributed by atoms with E-state index in [2.05, 4.69) is 15.5 Å². The van der Waals surface area contributed by atoms with Gasteiger partial charge in [0.25, 0.3) is 5.91 Å². The van der Waals surface area contributed by atoms with Gasteiger partial charge in [0, 0.05) is 6.20 Å². The minimum absolute atomic E-state index is 0.0747. The van der Waals surface area contributed by atoms with Crippen LogP contribution in [-0.4, -0.2) is 34.7 Å². The van der Waals surface area contributed by atoms with Gasteiger partial charge in [0.15, 0.2) is 6.10 Å². The summed E-state index contributed by atoms with van der Waals surface area (Å²) in [4.78, 5) is 25.7. The second-order valence-corrected chi connectivity index (χ2v) is 4.69. The Kier molecular flexibility index (Phi) is 3.31. The number of rotatable bonds is 3. The predicted molar refractivity (Wildman–Crippen MR) is 76.1 cm³/mol. The lowest BCUT2D eigenvalue weighted by Gasteiger charge is -2.32. The topological polar surface area (TPSA) is 87.3 Å². The fraction of sp³-hybridized carbons (Fsp3) is 0.214. The number of para-hydroxylation sites is 2. The molecule has 2 amide bonds. The second-order valence-electron chi connectivity index (χ2n) is 4.69. The number of hydrogen-bond acceptors (Lipinski definition) is 4. The van der Waals surface area contributed by atoms with Crippen LogP contribution in [0.4, 0.5) is 11.4 Å². The number of H-pyrrole nitrogens is 1. The summed E-state index contributed by atoms with van der Waals surface area (Å²) in [5.74, 6) is 0.0606. The summed E-state index contributed by atoms with van der Waals surface area (Å²) in [6.45, 7) is 1.59. The van der Waals surface area contributed by atoms with Gasteiger partial charge in [0.05, 0.1) is 17.6 Å². The lowest BCUT2D eigenvalue weighted by atomic mass is 10.2. The van der Waals surface area contributed by atoms with Crippen LogP contribution in [-0.2, 0) is 9.59 Å². The maximum absolute atomic E-state index is 12.2. The molecule has 0 spiro atoms. The Hall–Kier alpha value is -2.83. The first-order valence-corrected chi connectivity index (χ1v) is 6.51. The lowest BCUT2D eigenvalue weighted by Crippen LogP contribution is -2.47. The smallest absolute Gasteiger partial charge is 0.268 e. The van der Waals surface area contributed by atoms with E-state index in [1.807, 2.05) is 6.07 Å². The molecule has 7 nitrogen and oxygen atoms in total. The number of carbonyl (C=O) groups is 2. The maximum Gasteiger partial charge on any atom is 0.268 e. The van der Waals surface area contributed by atoms with Crippen molar-refractivity contribution < 1.29 is 14.3 Å². The molecule has 2 N–H and O–H groups in total. The van der Waals surface area contributed by atoms with Gasteiger partial charge in [-0.3, -0.25) is 19.6 Å². The molecule has 1 aliphatic heterocycles. The van der Waals surface area contributed by atoms with Crippen molar-refractivity contribution in [2.45, 2.75) is 13.0 Å². The Morgan fingerprint density at radius 2 is 2.29 bits per heavy atom. The van der Waals surface area contributed by atoms with Crippen molar-refractivity contribution in [3.8, 4) is 5.75 Å². The van der Waals surface area contributed by atoms with Gasteiger partial charge in [-0.2, -0.15) is 5.10 Å². The summed E-state index contributed by atoms with van der Waals surface area (Å²) in [5.41, 5.74) is 1.16. The first-order valence-electron chi connectivity index (χ1n) is 6.51. The van der Waals surface area contributed by atoms with E-state index in [4.69, 9.17) is 4.74 Å². The van der Waals surface area contributed by atoms with Crippen LogP contribution in [0.15, 0.2) is 36.7 Å². The number of aromatic amines is 1. The molecule has 0 aliphatic carbocycles. The molecule has 7 heteroatoms. The van der Waals surface area contributed by atoms with Crippen molar-refractivity contribution in [3.63, 3.8) is 0 Å². The summed E-state index contributed by atoms with van der Waals surface area (Å²) in [7, 11) is 0. The number of hydrogen-bond donors (Lipinski definition) is 2. The van der Waals surface area contributed by atoms with Crippen LogP contribution in [0.1, 0.15) is 6.92 Å². The highest BCUT2D eigenvalue weighted by Crippen LogP contribution is 2.33. The van der Waals surface area contributed by atoms with E-state index in [0.717, 1.165) is 0 Å². The number of amides is 2. The van der Waals surface area contributed by atoms with Crippen LogP contribution in [0, 0.1) is 0 Å². The van der Waals surface area contributed by atoms with E-state index in [1.165, 1.54) is 11.1 Å². The van der Waals surface area contributed by atoms with Gasteiger partial charge < -0.3 is 10.1 Å². The molecule has 0 saturated heterocycles. The molecule has 1 unspecified atom stereocenters. The third-order valence-electron chi connectivity index (χ3n) is 3.16. The summed E-state index contributed by atoms with van der Waals surface area (Å²) >= 11 is 0. The molecule has 0 saturated carbocycles. The van der Waals surface area contributed by atoms with Crippen LogP contribution >= 0.6 is 0 Å². The van der Waals surface area contributed by atoms with Gasteiger partial charge in [-0.05, 0) is 19.1 Å². The zero-order valence-corrected chi connectivity index (χ0v) is 11.4. The minimum Gasteiger partial charge on any atom is -0.479 e. The van der Waals surface area contributed by atoms with Gasteiger partial charge in [-0.1, -0.05) is 12.1 Å². The normalized spacial score (nSPS) is 17.1. The monoisotopic (exact) mass is 286 g/mol. The average Bonchev–Trinajstić information content (AvgIpc) is 2.96. The predicted octanol–water partition coefficient (Wildman–Crippen LogP) is 1.16. The fourth-order valence-corrected chi connectivity index (χ4v) is 2.19. The van der Waals surface area contributed by atoms with Crippen LogP contribution in [0.25, 0.3) is 0 Å². The number of carbonyl (C=O) groups excluding carboxylic acids is 2. The maximum atomic E-state index is 12.2. The van der Waals surface area contributed by atoms with Crippen molar-refractivity contribution in [2.75, 3.05) is 16.8 Å². The van der Waals surface area contributed by atoms with Crippen molar-refractivity contribution in [1.82, 2.24) is 10.2 Å². The van der Waals surface area contributed by atoms with Crippen LogP contribution in [0.3, 0.4) is 0 Å².